The monoisotopic (exact) mass is 279 g/mol. The van der Waals surface area contributed by atoms with Crippen LogP contribution in [0.25, 0.3) is 0 Å². The van der Waals surface area contributed by atoms with Crippen LogP contribution < -0.4 is 0 Å². The summed E-state index contributed by atoms with van der Waals surface area (Å²) in [6.45, 7) is -0.356. The largest absolute Gasteiger partial charge is 0.504 e. The number of carboxylic acid groups (broad SMARTS) is 1. The molecule has 0 bridgehead atoms. The molecule has 3 N–H and O–H groups in total. The minimum absolute atomic E-state index is 0.0745. The average Bonchev–Trinajstić information content (AvgIpc) is 2.92. The number of rotatable bonds is 4. The molecule has 0 atom stereocenters. The molecule has 1 saturated carbocycles. The second-order valence-corrected chi connectivity index (χ2v) is 4.97. The third kappa shape index (κ3) is 3.01. The predicted octanol–water partition coefficient (Wildman–Crippen LogP) is 1.57. The van der Waals surface area contributed by atoms with Crippen molar-refractivity contribution >= 4 is 11.9 Å². The van der Waals surface area contributed by atoms with Crippen molar-refractivity contribution in [1.82, 2.24) is 4.90 Å². The Hall–Kier alpha value is -2.24. The predicted molar refractivity (Wildman–Crippen MR) is 70.7 cm³/mol. The lowest BCUT2D eigenvalue weighted by molar-refractivity contribution is -0.138. The third-order valence-corrected chi connectivity index (χ3v) is 3.55. The van der Waals surface area contributed by atoms with E-state index in [9.17, 15) is 19.8 Å². The molecule has 1 aliphatic carbocycles. The minimum atomic E-state index is -1.06. The summed E-state index contributed by atoms with van der Waals surface area (Å²) in [7, 11) is 0. The van der Waals surface area contributed by atoms with Gasteiger partial charge in [0.25, 0.3) is 5.91 Å². The van der Waals surface area contributed by atoms with Crippen LogP contribution in [0, 0.1) is 0 Å². The maximum Gasteiger partial charge on any atom is 0.323 e. The number of hydrogen-bond donors (Lipinski definition) is 3. The Labute approximate surface area is 116 Å². The van der Waals surface area contributed by atoms with Gasteiger partial charge in [-0.1, -0.05) is 12.8 Å². The molecule has 1 aromatic carbocycles. The number of aliphatic carboxylic acids is 1. The number of aromatic hydroxyl groups is 2. The average molecular weight is 279 g/mol. The van der Waals surface area contributed by atoms with E-state index in [-0.39, 0.29) is 23.9 Å². The maximum atomic E-state index is 12.4. The summed E-state index contributed by atoms with van der Waals surface area (Å²) < 4.78 is 0. The Balaban J connectivity index is 2.24. The number of phenolic OH excluding ortho intramolecular Hbond substituents is 2. The lowest BCUT2D eigenvalue weighted by Gasteiger charge is -2.27. The van der Waals surface area contributed by atoms with Gasteiger partial charge < -0.3 is 20.2 Å². The van der Waals surface area contributed by atoms with E-state index in [0.29, 0.717) is 0 Å². The van der Waals surface area contributed by atoms with E-state index in [2.05, 4.69) is 0 Å². The fourth-order valence-corrected chi connectivity index (χ4v) is 2.55. The van der Waals surface area contributed by atoms with E-state index >= 15 is 0 Å². The van der Waals surface area contributed by atoms with Crippen molar-refractivity contribution in [3.05, 3.63) is 23.8 Å². The second kappa shape index (κ2) is 5.81. The van der Waals surface area contributed by atoms with Crippen LogP contribution >= 0.6 is 0 Å². The van der Waals surface area contributed by atoms with Gasteiger partial charge in [-0.25, -0.2) is 0 Å². The first-order chi connectivity index (χ1) is 9.49. The Morgan fingerprint density at radius 2 is 1.80 bits per heavy atom. The van der Waals surface area contributed by atoms with Gasteiger partial charge in [-0.05, 0) is 31.0 Å². The molecule has 0 aliphatic heterocycles. The molecule has 1 fully saturated rings. The summed E-state index contributed by atoms with van der Waals surface area (Å²) in [6.07, 6.45) is 3.55. The van der Waals surface area contributed by atoms with Crippen LogP contribution in [0.5, 0.6) is 11.5 Å². The van der Waals surface area contributed by atoms with Gasteiger partial charge in [-0.2, -0.15) is 0 Å². The fraction of sp³-hybridized carbons (Fsp3) is 0.429. The van der Waals surface area contributed by atoms with E-state index in [0.717, 1.165) is 31.7 Å². The Morgan fingerprint density at radius 1 is 1.15 bits per heavy atom. The quantitative estimate of drug-likeness (QED) is 0.727. The highest BCUT2D eigenvalue weighted by molar-refractivity contribution is 5.96. The number of carboxylic acids is 1. The Bertz CT molecular complexity index is 522. The van der Waals surface area contributed by atoms with Gasteiger partial charge in [0.15, 0.2) is 11.5 Å². The van der Waals surface area contributed by atoms with Crippen LogP contribution in [0.3, 0.4) is 0 Å². The number of carbonyl (C=O) groups is 2. The van der Waals surface area contributed by atoms with Crippen molar-refractivity contribution < 1.29 is 24.9 Å². The second-order valence-electron chi connectivity index (χ2n) is 4.97. The zero-order valence-corrected chi connectivity index (χ0v) is 11.0. The normalized spacial score (nSPS) is 15.2. The Morgan fingerprint density at radius 3 is 2.35 bits per heavy atom. The number of amides is 1. The molecule has 0 heterocycles. The zero-order chi connectivity index (χ0) is 14.7. The van der Waals surface area contributed by atoms with Crippen molar-refractivity contribution in [3.8, 4) is 11.5 Å². The molecule has 1 aromatic rings. The molecule has 20 heavy (non-hydrogen) atoms. The highest BCUT2D eigenvalue weighted by Gasteiger charge is 2.29. The summed E-state index contributed by atoms with van der Waals surface area (Å²) in [5.41, 5.74) is 0.174. The molecule has 2 rings (SSSR count). The highest BCUT2D eigenvalue weighted by atomic mass is 16.4. The summed E-state index contributed by atoms with van der Waals surface area (Å²) in [6, 6.07) is 3.67. The maximum absolute atomic E-state index is 12.4. The first-order valence-corrected chi connectivity index (χ1v) is 6.54. The third-order valence-electron chi connectivity index (χ3n) is 3.55. The van der Waals surface area contributed by atoms with Gasteiger partial charge in [0, 0.05) is 11.6 Å². The molecule has 0 saturated heterocycles. The molecular formula is C14H17NO5. The first-order valence-electron chi connectivity index (χ1n) is 6.54. The van der Waals surface area contributed by atoms with Crippen LogP contribution in [0.2, 0.25) is 0 Å². The van der Waals surface area contributed by atoms with Gasteiger partial charge in [0.2, 0.25) is 0 Å². The molecule has 0 aromatic heterocycles. The van der Waals surface area contributed by atoms with Gasteiger partial charge in [0.1, 0.15) is 6.54 Å². The molecule has 0 spiro atoms. The topological polar surface area (TPSA) is 98.1 Å². The number of phenols is 2. The molecule has 0 unspecified atom stereocenters. The zero-order valence-electron chi connectivity index (χ0n) is 11.0. The molecule has 6 nitrogen and oxygen atoms in total. The van der Waals surface area contributed by atoms with Gasteiger partial charge in [-0.3, -0.25) is 9.59 Å². The van der Waals surface area contributed by atoms with Crippen LogP contribution in [0.1, 0.15) is 36.0 Å². The van der Waals surface area contributed by atoms with Crippen molar-refractivity contribution in [2.75, 3.05) is 6.54 Å². The summed E-state index contributed by atoms with van der Waals surface area (Å²) in [4.78, 5) is 24.7. The molecule has 1 aliphatic rings. The number of carbonyl (C=O) groups excluding carboxylic acids is 1. The molecule has 6 heteroatoms. The minimum Gasteiger partial charge on any atom is -0.504 e. The SMILES string of the molecule is O=C(O)CN(C(=O)c1ccc(O)c(O)c1)C1CCCC1. The van der Waals surface area contributed by atoms with Crippen molar-refractivity contribution in [1.29, 1.82) is 0 Å². The van der Waals surface area contributed by atoms with E-state index < -0.39 is 17.6 Å². The smallest absolute Gasteiger partial charge is 0.323 e. The van der Waals surface area contributed by atoms with Gasteiger partial charge in [-0.15, -0.1) is 0 Å². The van der Waals surface area contributed by atoms with Crippen molar-refractivity contribution in [2.24, 2.45) is 0 Å². The van der Waals surface area contributed by atoms with Crippen LogP contribution in [0.4, 0.5) is 0 Å². The van der Waals surface area contributed by atoms with E-state index in [1.807, 2.05) is 0 Å². The fourth-order valence-electron chi connectivity index (χ4n) is 2.55. The first kappa shape index (κ1) is 14.2. The molecule has 1 amide bonds. The summed E-state index contributed by atoms with van der Waals surface area (Å²) in [5, 5.41) is 27.6. The van der Waals surface area contributed by atoms with E-state index in [1.54, 1.807) is 0 Å². The standard InChI is InChI=1S/C14H17NO5/c16-11-6-5-9(7-12(11)17)14(20)15(8-13(18)19)10-3-1-2-4-10/h5-7,10,16-17H,1-4,8H2,(H,18,19). The molecular weight excluding hydrogens is 262 g/mol. The summed E-state index contributed by atoms with van der Waals surface area (Å²) >= 11 is 0. The number of benzene rings is 1. The van der Waals surface area contributed by atoms with E-state index in [1.165, 1.54) is 17.0 Å². The van der Waals surface area contributed by atoms with Gasteiger partial charge >= 0.3 is 5.97 Å². The lowest BCUT2D eigenvalue weighted by atomic mass is 10.1. The van der Waals surface area contributed by atoms with Crippen molar-refractivity contribution in [2.45, 2.75) is 31.7 Å². The van der Waals surface area contributed by atoms with E-state index in [4.69, 9.17) is 5.11 Å². The van der Waals surface area contributed by atoms with Crippen molar-refractivity contribution in [3.63, 3.8) is 0 Å². The van der Waals surface area contributed by atoms with Crippen LogP contribution in [-0.2, 0) is 4.79 Å². The lowest BCUT2D eigenvalue weighted by Crippen LogP contribution is -2.42. The summed E-state index contributed by atoms with van der Waals surface area (Å²) in [5.74, 6) is -2.20. The molecule has 108 valence electrons. The highest BCUT2D eigenvalue weighted by Crippen LogP contribution is 2.28. The van der Waals surface area contributed by atoms with Gasteiger partial charge in [0.05, 0.1) is 0 Å². The number of hydrogen-bond acceptors (Lipinski definition) is 4. The van der Waals surface area contributed by atoms with Crippen LogP contribution in [-0.4, -0.2) is 44.7 Å². The Kier molecular flexibility index (Phi) is 4.12. The molecule has 0 radical (unpaired) electrons. The van der Waals surface area contributed by atoms with Crippen LogP contribution in [0.15, 0.2) is 18.2 Å². The number of nitrogens with zero attached hydrogens (tertiary/aromatic N) is 1.